The predicted octanol–water partition coefficient (Wildman–Crippen LogP) is 2.20. The highest BCUT2D eigenvalue weighted by Gasteiger charge is 2.16. The number of pyridine rings is 1. The predicted molar refractivity (Wildman–Crippen MR) is 97.7 cm³/mol. The molecule has 1 aromatic heterocycles. The second-order valence-corrected chi connectivity index (χ2v) is 6.39. The van der Waals surface area contributed by atoms with Gasteiger partial charge in [0.2, 0.25) is 11.8 Å². The number of nitrogens with zero attached hydrogens (tertiary/aromatic N) is 1. The van der Waals surface area contributed by atoms with Crippen LogP contribution in [-0.2, 0) is 22.5 Å². The first kappa shape index (κ1) is 18.8. The summed E-state index contributed by atoms with van der Waals surface area (Å²) < 4.78 is 11.2. The standard InChI is InChI=1S/C20H22N2O5/c23-18(11-14-1-3-16(4-2-14)20(24)25)22-13-15-5-8-21-19(12-15)27-17-6-9-26-10-7-17/h1-5,8,12,17H,6-7,9-11,13H2,(H,22,23)(H,24,25). The van der Waals surface area contributed by atoms with Crippen molar-refractivity contribution in [3.63, 3.8) is 0 Å². The second kappa shape index (κ2) is 9.14. The van der Waals surface area contributed by atoms with Gasteiger partial charge in [0.1, 0.15) is 6.10 Å². The molecule has 1 fully saturated rings. The van der Waals surface area contributed by atoms with Gasteiger partial charge in [-0.25, -0.2) is 9.78 Å². The Bertz CT molecular complexity index is 785. The Hall–Kier alpha value is -2.93. The number of carboxylic acids is 1. The minimum absolute atomic E-state index is 0.116. The van der Waals surface area contributed by atoms with Gasteiger partial charge in [0.05, 0.1) is 25.2 Å². The van der Waals surface area contributed by atoms with Gasteiger partial charge in [-0.2, -0.15) is 0 Å². The second-order valence-electron chi connectivity index (χ2n) is 6.39. The van der Waals surface area contributed by atoms with Crippen molar-refractivity contribution in [2.24, 2.45) is 0 Å². The van der Waals surface area contributed by atoms with Crippen molar-refractivity contribution in [3.05, 3.63) is 59.3 Å². The molecule has 2 N–H and O–H groups in total. The van der Waals surface area contributed by atoms with Crippen molar-refractivity contribution in [2.75, 3.05) is 13.2 Å². The lowest BCUT2D eigenvalue weighted by Crippen LogP contribution is -2.26. The van der Waals surface area contributed by atoms with Crippen molar-refractivity contribution in [1.29, 1.82) is 0 Å². The van der Waals surface area contributed by atoms with E-state index in [1.807, 2.05) is 12.1 Å². The summed E-state index contributed by atoms with van der Waals surface area (Å²) in [5, 5.41) is 11.8. The molecule has 0 radical (unpaired) electrons. The van der Waals surface area contributed by atoms with Gasteiger partial charge >= 0.3 is 5.97 Å². The van der Waals surface area contributed by atoms with Crippen LogP contribution in [0.1, 0.15) is 34.3 Å². The van der Waals surface area contributed by atoms with Crippen LogP contribution >= 0.6 is 0 Å². The summed E-state index contributed by atoms with van der Waals surface area (Å²) in [6, 6.07) is 9.95. The third-order valence-electron chi connectivity index (χ3n) is 4.31. The average Bonchev–Trinajstić information content (AvgIpc) is 2.68. The highest BCUT2D eigenvalue weighted by molar-refractivity contribution is 5.87. The van der Waals surface area contributed by atoms with Crippen molar-refractivity contribution in [1.82, 2.24) is 10.3 Å². The Morgan fingerprint density at radius 1 is 1.15 bits per heavy atom. The normalized spacial score (nSPS) is 14.5. The van der Waals surface area contributed by atoms with E-state index in [1.165, 1.54) is 12.1 Å². The number of carbonyl (C=O) groups is 2. The van der Waals surface area contributed by atoms with Gasteiger partial charge in [-0.1, -0.05) is 12.1 Å². The van der Waals surface area contributed by atoms with Crippen LogP contribution in [0.2, 0.25) is 0 Å². The van der Waals surface area contributed by atoms with Crippen molar-refractivity contribution < 1.29 is 24.2 Å². The Labute approximate surface area is 157 Å². The van der Waals surface area contributed by atoms with Crippen LogP contribution in [0.5, 0.6) is 5.88 Å². The minimum atomic E-state index is -0.984. The molecular weight excluding hydrogens is 348 g/mol. The summed E-state index contributed by atoms with van der Waals surface area (Å²) >= 11 is 0. The van der Waals surface area contributed by atoms with Crippen LogP contribution in [0.3, 0.4) is 0 Å². The quantitative estimate of drug-likeness (QED) is 0.775. The van der Waals surface area contributed by atoms with E-state index in [2.05, 4.69) is 10.3 Å². The third-order valence-corrected chi connectivity index (χ3v) is 4.31. The molecule has 1 amide bonds. The van der Waals surface area contributed by atoms with Gasteiger partial charge in [0, 0.05) is 31.6 Å². The topological polar surface area (TPSA) is 97.8 Å². The number of rotatable bonds is 7. The van der Waals surface area contributed by atoms with Crippen molar-refractivity contribution in [3.8, 4) is 5.88 Å². The minimum Gasteiger partial charge on any atom is -0.478 e. The fourth-order valence-corrected chi connectivity index (χ4v) is 2.80. The van der Waals surface area contributed by atoms with E-state index in [0.29, 0.717) is 25.6 Å². The van der Waals surface area contributed by atoms with E-state index in [4.69, 9.17) is 14.6 Å². The highest BCUT2D eigenvalue weighted by Crippen LogP contribution is 2.16. The van der Waals surface area contributed by atoms with Gasteiger partial charge in [-0.05, 0) is 29.3 Å². The molecule has 7 heteroatoms. The Kier molecular flexibility index (Phi) is 6.38. The summed E-state index contributed by atoms with van der Waals surface area (Å²) in [7, 11) is 0. The van der Waals surface area contributed by atoms with Gasteiger partial charge in [0.25, 0.3) is 0 Å². The number of hydrogen-bond acceptors (Lipinski definition) is 5. The van der Waals surface area contributed by atoms with Crippen LogP contribution in [0.4, 0.5) is 0 Å². The summed E-state index contributed by atoms with van der Waals surface area (Å²) in [4.78, 5) is 27.2. The maximum absolute atomic E-state index is 12.1. The van der Waals surface area contributed by atoms with E-state index < -0.39 is 5.97 Å². The molecule has 3 rings (SSSR count). The first-order valence-corrected chi connectivity index (χ1v) is 8.88. The number of aromatic nitrogens is 1. The molecule has 2 aromatic rings. The molecule has 0 atom stereocenters. The molecule has 2 heterocycles. The first-order chi connectivity index (χ1) is 13.1. The van der Waals surface area contributed by atoms with Gasteiger partial charge < -0.3 is 19.9 Å². The van der Waals surface area contributed by atoms with Crippen molar-refractivity contribution in [2.45, 2.75) is 31.9 Å². The third kappa shape index (κ3) is 5.79. The average molecular weight is 370 g/mol. The summed E-state index contributed by atoms with van der Waals surface area (Å²) in [6.45, 7) is 1.78. The maximum Gasteiger partial charge on any atom is 0.335 e. The first-order valence-electron chi connectivity index (χ1n) is 8.88. The molecule has 0 unspecified atom stereocenters. The highest BCUT2D eigenvalue weighted by atomic mass is 16.5. The van der Waals surface area contributed by atoms with Crippen LogP contribution in [0.25, 0.3) is 0 Å². The molecule has 0 saturated carbocycles. The van der Waals surface area contributed by atoms with E-state index >= 15 is 0 Å². The van der Waals surface area contributed by atoms with Crippen LogP contribution in [-0.4, -0.2) is 41.3 Å². The Morgan fingerprint density at radius 2 is 1.89 bits per heavy atom. The zero-order valence-electron chi connectivity index (χ0n) is 14.9. The molecule has 142 valence electrons. The smallest absolute Gasteiger partial charge is 0.335 e. The lowest BCUT2D eigenvalue weighted by molar-refractivity contribution is -0.120. The molecule has 0 bridgehead atoms. The SMILES string of the molecule is O=C(Cc1ccc(C(=O)O)cc1)NCc1ccnc(OC2CCOCC2)c1. The lowest BCUT2D eigenvalue weighted by Gasteiger charge is -2.22. The number of benzene rings is 1. The largest absolute Gasteiger partial charge is 0.478 e. The number of nitrogens with one attached hydrogen (secondary N) is 1. The van der Waals surface area contributed by atoms with Gasteiger partial charge in [-0.15, -0.1) is 0 Å². The Morgan fingerprint density at radius 3 is 2.59 bits per heavy atom. The van der Waals surface area contributed by atoms with E-state index in [1.54, 1.807) is 18.3 Å². The molecule has 1 aliphatic rings. The summed E-state index contributed by atoms with van der Waals surface area (Å²) in [6.07, 6.45) is 3.67. The van der Waals surface area contributed by atoms with Crippen molar-refractivity contribution >= 4 is 11.9 Å². The lowest BCUT2D eigenvalue weighted by atomic mass is 10.1. The van der Waals surface area contributed by atoms with E-state index in [0.717, 1.165) is 24.0 Å². The molecule has 1 aliphatic heterocycles. The zero-order chi connectivity index (χ0) is 19.1. The zero-order valence-corrected chi connectivity index (χ0v) is 14.9. The van der Waals surface area contributed by atoms with Crippen LogP contribution in [0.15, 0.2) is 42.6 Å². The number of aromatic carboxylic acids is 1. The number of carboxylic acid groups (broad SMARTS) is 1. The summed E-state index contributed by atoms with van der Waals surface area (Å²) in [5.74, 6) is -0.567. The van der Waals surface area contributed by atoms with Crippen LogP contribution in [0, 0.1) is 0 Å². The number of amides is 1. The maximum atomic E-state index is 12.1. The molecular formula is C20H22N2O5. The molecule has 27 heavy (non-hydrogen) atoms. The monoisotopic (exact) mass is 370 g/mol. The molecule has 0 aliphatic carbocycles. The summed E-state index contributed by atoms with van der Waals surface area (Å²) in [5.41, 5.74) is 1.87. The van der Waals surface area contributed by atoms with Crippen LogP contribution < -0.4 is 10.1 Å². The Balaban J connectivity index is 1.49. The fraction of sp³-hybridized carbons (Fsp3) is 0.350. The molecule has 7 nitrogen and oxygen atoms in total. The number of hydrogen-bond donors (Lipinski definition) is 2. The molecule has 1 aromatic carbocycles. The van der Waals surface area contributed by atoms with Gasteiger partial charge in [-0.3, -0.25) is 4.79 Å². The van der Waals surface area contributed by atoms with E-state index in [-0.39, 0.29) is 24.0 Å². The van der Waals surface area contributed by atoms with Gasteiger partial charge in [0.15, 0.2) is 0 Å². The molecule has 0 spiro atoms. The number of ether oxygens (including phenoxy) is 2. The molecule has 1 saturated heterocycles. The fourth-order valence-electron chi connectivity index (χ4n) is 2.80. The number of carbonyl (C=O) groups excluding carboxylic acids is 1. The van der Waals surface area contributed by atoms with E-state index in [9.17, 15) is 9.59 Å².